The fourth-order valence-corrected chi connectivity index (χ4v) is 3.10. The lowest BCUT2D eigenvalue weighted by molar-refractivity contribution is -0.148. The van der Waals surface area contributed by atoms with E-state index in [2.05, 4.69) is 5.32 Å². The van der Waals surface area contributed by atoms with Crippen LogP contribution >= 0.6 is 0 Å². The highest BCUT2D eigenvalue weighted by Crippen LogP contribution is 2.23. The molecule has 1 atom stereocenters. The van der Waals surface area contributed by atoms with Crippen LogP contribution in [0.5, 0.6) is 0 Å². The maximum atomic E-state index is 12.2. The molecule has 3 rings (SSSR count). The summed E-state index contributed by atoms with van der Waals surface area (Å²) in [5.41, 5.74) is 2.11. The molecule has 27 heavy (non-hydrogen) atoms. The summed E-state index contributed by atoms with van der Waals surface area (Å²) in [6.45, 7) is 1.67. The second-order valence-electron chi connectivity index (χ2n) is 6.50. The molecule has 0 saturated carbocycles. The Morgan fingerprint density at radius 1 is 0.926 bits per heavy atom. The molecule has 3 aromatic rings. The van der Waals surface area contributed by atoms with Gasteiger partial charge in [0, 0.05) is 6.42 Å². The van der Waals surface area contributed by atoms with Gasteiger partial charge in [-0.15, -0.1) is 0 Å². The van der Waals surface area contributed by atoms with Crippen molar-refractivity contribution in [3.63, 3.8) is 0 Å². The van der Waals surface area contributed by atoms with Gasteiger partial charge in [0.05, 0.1) is 6.04 Å². The van der Waals surface area contributed by atoms with E-state index in [0.29, 0.717) is 6.42 Å². The normalized spacial score (nSPS) is 11.7. The fraction of sp³-hybridized carbons (Fsp3) is 0.217. The van der Waals surface area contributed by atoms with Crippen molar-refractivity contribution in [2.75, 3.05) is 6.61 Å². The van der Waals surface area contributed by atoms with Gasteiger partial charge in [-0.2, -0.15) is 0 Å². The monoisotopic (exact) mass is 361 g/mol. The molecule has 0 saturated heterocycles. The topological polar surface area (TPSA) is 55.4 Å². The average Bonchev–Trinajstić information content (AvgIpc) is 2.71. The van der Waals surface area contributed by atoms with Crippen LogP contribution in [0.25, 0.3) is 10.8 Å². The molecule has 0 spiro atoms. The number of aryl methyl sites for hydroxylation is 1. The molecule has 0 fully saturated rings. The summed E-state index contributed by atoms with van der Waals surface area (Å²) >= 11 is 0. The summed E-state index contributed by atoms with van der Waals surface area (Å²) in [7, 11) is 0. The van der Waals surface area contributed by atoms with E-state index in [1.807, 2.05) is 79.7 Å². The molecule has 0 aliphatic heterocycles. The molecule has 1 amide bonds. The summed E-state index contributed by atoms with van der Waals surface area (Å²) in [5, 5.41) is 5.13. The van der Waals surface area contributed by atoms with E-state index in [-0.39, 0.29) is 30.9 Å². The third kappa shape index (κ3) is 5.17. The summed E-state index contributed by atoms with van der Waals surface area (Å²) in [6.07, 6.45) is 0.865. The van der Waals surface area contributed by atoms with Crippen molar-refractivity contribution in [2.24, 2.45) is 0 Å². The van der Waals surface area contributed by atoms with Gasteiger partial charge in [0.1, 0.15) is 0 Å². The highest BCUT2D eigenvalue weighted by molar-refractivity contribution is 5.87. The van der Waals surface area contributed by atoms with E-state index < -0.39 is 0 Å². The second kappa shape index (κ2) is 8.99. The maximum absolute atomic E-state index is 12.2. The number of hydrogen-bond donors (Lipinski definition) is 1. The summed E-state index contributed by atoms with van der Waals surface area (Å²) in [5.74, 6) is -0.671. The molecule has 138 valence electrons. The molecule has 0 radical (unpaired) electrons. The lowest BCUT2D eigenvalue weighted by Crippen LogP contribution is -2.31. The van der Waals surface area contributed by atoms with Crippen LogP contribution in [0.4, 0.5) is 0 Å². The van der Waals surface area contributed by atoms with Crippen LogP contribution in [0.2, 0.25) is 0 Å². The van der Waals surface area contributed by atoms with E-state index in [0.717, 1.165) is 21.9 Å². The summed E-state index contributed by atoms with van der Waals surface area (Å²) in [4.78, 5) is 24.0. The number of benzene rings is 3. The second-order valence-corrected chi connectivity index (χ2v) is 6.50. The Balaban J connectivity index is 1.49. The largest absolute Gasteiger partial charge is 0.456 e. The number of ether oxygens (including phenoxy) is 1. The van der Waals surface area contributed by atoms with E-state index in [1.165, 1.54) is 0 Å². The van der Waals surface area contributed by atoms with Crippen molar-refractivity contribution >= 4 is 22.6 Å². The van der Waals surface area contributed by atoms with Crippen LogP contribution < -0.4 is 5.32 Å². The number of rotatable bonds is 7. The van der Waals surface area contributed by atoms with Gasteiger partial charge in [-0.1, -0.05) is 72.8 Å². The molecule has 4 heteroatoms. The zero-order chi connectivity index (χ0) is 19.1. The van der Waals surface area contributed by atoms with Gasteiger partial charge in [-0.3, -0.25) is 9.59 Å². The number of esters is 1. The molecule has 0 heterocycles. The minimum atomic E-state index is -0.369. The Morgan fingerprint density at radius 2 is 1.63 bits per heavy atom. The Hall–Kier alpha value is -3.14. The molecular weight excluding hydrogens is 338 g/mol. The SMILES string of the molecule is C[C@@H](NC(=O)COC(=O)CCc1ccccc1)c1cccc2ccccc12. The molecule has 1 N–H and O–H groups in total. The van der Waals surface area contributed by atoms with Crippen LogP contribution in [-0.4, -0.2) is 18.5 Å². The number of hydrogen-bond acceptors (Lipinski definition) is 3. The third-order valence-corrected chi connectivity index (χ3v) is 4.49. The Morgan fingerprint density at radius 3 is 2.44 bits per heavy atom. The van der Waals surface area contributed by atoms with Crippen molar-refractivity contribution < 1.29 is 14.3 Å². The number of fused-ring (bicyclic) bond motifs is 1. The first-order valence-corrected chi connectivity index (χ1v) is 9.10. The first-order valence-electron chi connectivity index (χ1n) is 9.10. The van der Waals surface area contributed by atoms with Crippen LogP contribution in [-0.2, 0) is 20.7 Å². The van der Waals surface area contributed by atoms with E-state index >= 15 is 0 Å². The van der Waals surface area contributed by atoms with E-state index in [9.17, 15) is 9.59 Å². The number of nitrogens with one attached hydrogen (secondary N) is 1. The van der Waals surface area contributed by atoms with E-state index in [1.54, 1.807) is 0 Å². The predicted molar refractivity (Wildman–Crippen MR) is 106 cm³/mol. The first kappa shape index (κ1) is 18.6. The molecule has 0 aromatic heterocycles. The maximum Gasteiger partial charge on any atom is 0.306 e. The quantitative estimate of drug-likeness (QED) is 0.642. The minimum absolute atomic E-state index is 0.174. The highest BCUT2D eigenvalue weighted by atomic mass is 16.5. The average molecular weight is 361 g/mol. The van der Waals surface area contributed by atoms with Gasteiger partial charge in [-0.25, -0.2) is 0 Å². The zero-order valence-corrected chi connectivity index (χ0v) is 15.4. The smallest absolute Gasteiger partial charge is 0.306 e. The van der Waals surface area contributed by atoms with Crippen molar-refractivity contribution in [1.29, 1.82) is 0 Å². The highest BCUT2D eigenvalue weighted by Gasteiger charge is 2.14. The van der Waals surface area contributed by atoms with Crippen molar-refractivity contribution in [1.82, 2.24) is 5.32 Å². The summed E-state index contributed by atoms with van der Waals surface area (Å²) < 4.78 is 5.10. The van der Waals surface area contributed by atoms with Crippen LogP contribution in [0.15, 0.2) is 72.8 Å². The molecular formula is C23H23NO3. The van der Waals surface area contributed by atoms with Crippen molar-refractivity contribution in [3.8, 4) is 0 Å². The minimum Gasteiger partial charge on any atom is -0.456 e. The molecule has 4 nitrogen and oxygen atoms in total. The lowest BCUT2D eigenvalue weighted by Gasteiger charge is -2.16. The van der Waals surface area contributed by atoms with Crippen LogP contribution in [0, 0.1) is 0 Å². The molecule has 0 aliphatic rings. The zero-order valence-electron chi connectivity index (χ0n) is 15.4. The lowest BCUT2D eigenvalue weighted by atomic mass is 10.00. The standard InChI is InChI=1S/C23H23NO3/c1-17(20-13-7-11-19-10-5-6-12-21(19)20)24-22(25)16-27-23(26)15-14-18-8-3-2-4-9-18/h2-13,17H,14-16H2,1H3,(H,24,25)/t17-/m1/s1. The van der Waals surface area contributed by atoms with Gasteiger partial charge in [0.2, 0.25) is 0 Å². The van der Waals surface area contributed by atoms with Gasteiger partial charge in [-0.05, 0) is 35.2 Å². The fourth-order valence-electron chi connectivity index (χ4n) is 3.10. The third-order valence-electron chi connectivity index (χ3n) is 4.49. The number of carbonyl (C=O) groups excluding carboxylic acids is 2. The number of carbonyl (C=O) groups is 2. The first-order chi connectivity index (χ1) is 13.1. The molecule has 0 bridgehead atoms. The Kier molecular flexibility index (Phi) is 6.21. The van der Waals surface area contributed by atoms with Crippen LogP contribution in [0.3, 0.4) is 0 Å². The molecule has 0 unspecified atom stereocenters. The van der Waals surface area contributed by atoms with Gasteiger partial charge < -0.3 is 10.1 Å². The van der Waals surface area contributed by atoms with Gasteiger partial charge in [0.25, 0.3) is 5.91 Å². The van der Waals surface area contributed by atoms with Crippen molar-refractivity contribution in [2.45, 2.75) is 25.8 Å². The van der Waals surface area contributed by atoms with Gasteiger partial charge >= 0.3 is 5.97 Å². The summed E-state index contributed by atoms with van der Waals surface area (Å²) in [6, 6.07) is 23.6. The van der Waals surface area contributed by atoms with Gasteiger partial charge in [0.15, 0.2) is 6.61 Å². The van der Waals surface area contributed by atoms with Crippen LogP contribution in [0.1, 0.15) is 30.5 Å². The van der Waals surface area contributed by atoms with Crippen molar-refractivity contribution in [3.05, 3.63) is 83.9 Å². The Bertz CT molecular complexity index is 916. The molecule has 0 aliphatic carbocycles. The van der Waals surface area contributed by atoms with E-state index in [4.69, 9.17) is 4.74 Å². The number of amides is 1. The predicted octanol–water partition coefficient (Wildman–Crippen LogP) is 4.19. The Labute approximate surface area is 159 Å². The molecule has 3 aromatic carbocycles.